The van der Waals surface area contributed by atoms with Crippen molar-refractivity contribution in [2.75, 3.05) is 20.6 Å². The molecule has 1 rings (SSSR count). The van der Waals surface area contributed by atoms with Crippen LogP contribution in [-0.2, 0) is 4.79 Å². The van der Waals surface area contributed by atoms with Gasteiger partial charge in [-0.2, -0.15) is 0 Å². The van der Waals surface area contributed by atoms with E-state index in [1.54, 1.807) is 5.01 Å². The van der Waals surface area contributed by atoms with E-state index in [1.165, 1.54) is 0 Å². The molecule has 1 amide bonds. The average Bonchev–Trinajstić information content (AvgIpc) is 2.35. The van der Waals surface area contributed by atoms with Crippen molar-refractivity contribution in [2.24, 2.45) is 0 Å². The molecule has 0 bridgehead atoms. The molecule has 4 heteroatoms. The van der Waals surface area contributed by atoms with Gasteiger partial charge in [0.15, 0.2) is 0 Å². The summed E-state index contributed by atoms with van der Waals surface area (Å²) in [5.41, 5.74) is 2.72. The van der Waals surface area contributed by atoms with Crippen molar-refractivity contribution in [3.05, 3.63) is 0 Å². The number of nitrogens with one attached hydrogen (secondary N) is 2. The van der Waals surface area contributed by atoms with Crippen molar-refractivity contribution in [3.63, 3.8) is 0 Å². The normalized spacial score (nSPS) is 24.1. The fourth-order valence-electron chi connectivity index (χ4n) is 1.21. The first-order valence-electron chi connectivity index (χ1n) is 3.91. The summed E-state index contributed by atoms with van der Waals surface area (Å²) in [6.45, 7) is 0.964. The second kappa shape index (κ2) is 3.69. The Morgan fingerprint density at radius 3 is 2.82 bits per heavy atom. The number of amides is 1. The lowest BCUT2D eigenvalue weighted by atomic mass is 10.2. The second-order valence-corrected chi connectivity index (χ2v) is 3.02. The molecule has 0 radical (unpaired) electrons. The van der Waals surface area contributed by atoms with Crippen LogP contribution in [0.25, 0.3) is 0 Å². The fraction of sp³-hybridized carbons (Fsp3) is 0.857. The number of nitrogens with zero attached hydrogens (tertiary/aromatic N) is 1. The number of hydrazine groups is 1. The van der Waals surface area contributed by atoms with E-state index in [0.29, 0.717) is 0 Å². The Balaban J connectivity index is 2.28. The van der Waals surface area contributed by atoms with Crippen molar-refractivity contribution >= 4 is 5.91 Å². The lowest BCUT2D eigenvalue weighted by Crippen LogP contribution is -2.46. The molecule has 1 aliphatic heterocycles. The van der Waals surface area contributed by atoms with Crippen LogP contribution >= 0.6 is 0 Å². The maximum Gasteiger partial charge on any atom is 0.251 e. The third-order valence-electron chi connectivity index (χ3n) is 1.71. The van der Waals surface area contributed by atoms with Crippen LogP contribution in [0.15, 0.2) is 0 Å². The van der Waals surface area contributed by atoms with Crippen LogP contribution in [-0.4, -0.2) is 37.6 Å². The molecule has 0 spiro atoms. The predicted molar refractivity (Wildman–Crippen MR) is 42.9 cm³/mol. The van der Waals surface area contributed by atoms with E-state index >= 15 is 0 Å². The van der Waals surface area contributed by atoms with E-state index in [4.69, 9.17) is 0 Å². The van der Waals surface area contributed by atoms with Gasteiger partial charge in [-0.1, -0.05) is 0 Å². The Hall–Kier alpha value is -0.610. The fourth-order valence-corrected chi connectivity index (χ4v) is 1.21. The molecule has 1 atom stereocenters. The van der Waals surface area contributed by atoms with Gasteiger partial charge >= 0.3 is 0 Å². The largest absolute Gasteiger partial charge is 0.306 e. The summed E-state index contributed by atoms with van der Waals surface area (Å²) in [6, 6.07) is 0.0254. The van der Waals surface area contributed by atoms with Gasteiger partial charge in [0.1, 0.15) is 0 Å². The van der Waals surface area contributed by atoms with Crippen LogP contribution in [0.5, 0.6) is 0 Å². The number of rotatable bonds is 2. The molecule has 2 N–H and O–H groups in total. The molecule has 1 saturated heterocycles. The topological polar surface area (TPSA) is 44.4 Å². The molecule has 0 aromatic heterocycles. The maximum absolute atomic E-state index is 11.2. The maximum atomic E-state index is 11.2. The molecule has 1 aliphatic rings. The number of carbonyl (C=O) groups is 1. The predicted octanol–water partition coefficient (Wildman–Crippen LogP) is -0.669. The highest BCUT2D eigenvalue weighted by Gasteiger charge is 2.21. The zero-order valence-electron chi connectivity index (χ0n) is 7.05. The smallest absolute Gasteiger partial charge is 0.251 e. The zero-order chi connectivity index (χ0) is 8.27. The molecule has 0 saturated carbocycles. The third-order valence-corrected chi connectivity index (χ3v) is 1.71. The van der Waals surface area contributed by atoms with Gasteiger partial charge in [0.25, 0.3) is 5.91 Å². The summed E-state index contributed by atoms with van der Waals surface area (Å²) in [7, 11) is 3.62. The highest BCUT2D eigenvalue weighted by Crippen LogP contribution is 2.03. The van der Waals surface area contributed by atoms with Crippen LogP contribution in [0.4, 0.5) is 0 Å². The van der Waals surface area contributed by atoms with Crippen LogP contribution in [0.3, 0.4) is 0 Å². The van der Waals surface area contributed by atoms with Crippen LogP contribution < -0.4 is 10.7 Å². The highest BCUT2D eigenvalue weighted by molar-refractivity contribution is 5.81. The minimum absolute atomic E-state index is 0.0254. The van der Waals surface area contributed by atoms with Gasteiger partial charge in [0.05, 0.1) is 6.04 Å². The van der Waals surface area contributed by atoms with E-state index in [1.807, 2.05) is 14.1 Å². The van der Waals surface area contributed by atoms with Gasteiger partial charge in [-0.15, -0.1) is 0 Å². The average molecular weight is 157 g/mol. The molecule has 11 heavy (non-hydrogen) atoms. The van der Waals surface area contributed by atoms with Crippen molar-refractivity contribution in [2.45, 2.75) is 18.9 Å². The van der Waals surface area contributed by atoms with Gasteiger partial charge in [0, 0.05) is 14.1 Å². The van der Waals surface area contributed by atoms with Crippen LogP contribution in [0.1, 0.15) is 12.8 Å². The van der Waals surface area contributed by atoms with E-state index in [-0.39, 0.29) is 11.9 Å². The molecule has 4 nitrogen and oxygen atoms in total. The Bertz CT molecular complexity index is 141. The first-order chi connectivity index (χ1) is 5.20. The molecule has 0 unspecified atom stereocenters. The van der Waals surface area contributed by atoms with Crippen LogP contribution in [0.2, 0.25) is 0 Å². The SMILES string of the molecule is CN(C)NC(=O)[C@H]1CCCN1. The van der Waals surface area contributed by atoms with Crippen molar-refractivity contribution in [1.29, 1.82) is 0 Å². The van der Waals surface area contributed by atoms with E-state index in [2.05, 4.69) is 10.7 Å². The van der Waals surface area contributed by atoms with Crippen molar-refractivity contribution < 1.29 is 4.79 Å². The zero-order valence-corrected chi connectivity index (χ0v) is 7.05. The molecular formula is C7H15N3O. The number of hydrogen-bond acceptors (Lipinski definition) is 3. The van der Waals surface area contributed by atoms with Gasteiger partial charge in [-0.05, 0) is 19.4 Å². The summed E-state index contributed by atoms with van der Waals surface area (Å²) < 4.78 is 0. The number of hydrogen-bond donors (Lipinski definition) is 2. The molecular weight excluding hydrogens is 142 g/mol. The summed E-state index contributed by atoms with van der Waals surface area (Å²) in [4.78, 5) is 11.2. The third kappa shape index (κ3) is 2.48. The lowest BCUT2D eigenvalue weighted by Gasteiger charge is -2.15. The minimum Gasteiger partial charge on any atom is -0.306 e. The Kier molecular flexibility index (Phi) is 2.84. The first-order valence-corrected chi connectivity index (χ1v) is 3.91. The van der Waals surface area contributed by atoms with E-state index in [0.717, 1.165) is 19.4 Å². The Labute approximate surface area is 66.9 Å². The summed E-state index contributed by atoms with van der Waals surface area (Å²) in [6.07, 6.45) is 2.06. The molecule has 0 aromatic rings. The summed E-state index contributed by atoms with van der Waals surface area (Å²) >= 11 is 0. The highest BCUT2D eigenvalue weighted by atomic mass is 16.2. The first kappa shape index (κ1) is 8.49. The molecule has 64 valence electrons. The molecule has 1 fully saturated rings. The molecule has 0 aliphatic carbocycles. The molecule has 0 aromatic carbocycles. The summed E-state index contributed by atoms with van der Waals surface area (Å²) in [5, 5.41) is 4.79. The molecule has 1 heterocycles. The van der Waals surface area contributed by atoms with Gasteiger partial charge < -0.3 is 5.32 Å². The number of carbonyl (C=O) groups excluding carboxylic acids is 1. The van der Waals surface area contributed by atoms with Crippen LogP contribution in [0, 0.1) is 0 Å². The lowest BCUT2D eigenvalue weighted by molar-refractivity contribution is -0.126. The quantitative estimate of drug-likeness (QED) is 0.523. The van der Waals surface area contributed by atoms with E-state index in [9.17, 15) is 4.79 Å². The Morgan fingerprint density at radius 1 is 1.64 bits per heavy atom. The van der Waals surface area contributed by atoms with Gasteiger partial charge in [-0.25, -0.2) is 5.01 Å². The summed E-state index contributed by atoms with van der Waals surface area (Å²) in [5.74, 6) is 0.0764. The standard InChI is InChI=1S/C7H15N3O/c1-10(2)9-7(11)6-4-3-5-8-6/h6,8H,3-5H2,1-2H3,(H,9,11)/t6-/m1/s1. The van der Waals surface area contributed by atoms with Crippen molar-refractivity contribution in [3.8, 4) is 0 Å². The minimum atomic E-state index is 0.0254. The second-order valence-electron chi connectivity index (χ2n) is 3.02. The van der Waals surface area contributed by atoms with Gasteiger partial charge in [0.2, 0.25) is 0 Å². The van der Waals surface area contributed by atoms with Crippen molar-refractivity contribution in [1.82, 2.24) is 15.8 Å². The van der Waals surface area contributed by atoms with E-state index < -0.39 is 0 Å². The Morgan fingerprint density at radius 2 is 2.36 bits per heavy atom. The monoisotopic (exact) mass is 157 g/mol. The van der Waals surface area contributed by atoms with Gasteiger partial charge in [-0.3, -0.25) is 10.2 Å².